The Morgan fingerprint density at radius 2 is 1.36 bits per heavy atom. The second-order valence-electron chi connectivity index (χ2n) is 11.1. The van der Waals surface area contributed by atoms with Crippen LogP contribution in [0.5, 0.6) is 0 Å². The van der Waals surface area contributed by atoms with Crippen molar-refractivity contribution in [2.75, 3.05) is 19.6 Å². The highest BCUT2D eigenvalue weighted by atomic mass is 16.2. The molecule has 1 rings (SSSR count). The predicted molar refractivity (Wildman–Crippen MR) is 182 cm³/mol. The molecule has 262 valence electrons. The Morgan fingerprint density at radius 3 is 1.91 bits per heavy atom. The van der Waals surface area contributed by atoms with Crippen molar-refractivity contribution in [1.82, 2.24) is 15.5 Å². The maximum atomic E-state index is 14.2. The lowest BCUT2D eigenvalue weighted by atomic mass is 10.0. The van der Waals surface area contributed by atoms with Gasteiger partial charge in [0.15, 0.2) is 11.9 Å². The number of carbonyl (C=O) groups is 5. The zero-order chi connectivity index (χ0) is 35.2. The lowest BCUT2D eigenvalue weighted by Gasteiger charge is -2.31. The number of hydrogen-bond acceptors (Lipinski definition) is 9. The number of aliphatic imine (C=N–C) groups is 2. The zero-order valence-electron chi connectivity index (χ0n) is 27.3. The minimum atomic E-state index is -1.29. The number of amides is 4. The molecule has 4 atom stereocenters. The fraction of sp³-hybridized carbons (Fsp3) is 0.581. The van der Waals surface area contributed by atoms with E-state index in [4.69, 9.17) is 34.4 Å². The largest absolute Gasteiger partial charge is 0.370 e. The van der Waals surface area contributed by atoms with E-state index in [1.165, 1.54) is 12.1 Å². The molecular weight excluding hydrogens is 606 g/mol. The summed E-state index contributed by atoms with van der Waals surface area (Å²) in [6.45, 7) is 2.66. The minimum Gasteiger partial charge on any atom is -0.370 e. The maximum Gasteiger partial charge on any atom is 0.261 e. The molecule has 0 radical (unpaired) electrons. The van der Waals surface area contributed by atoms with E-state index >= 15 is 0 Å². The summed E-state index contributed by atoms with van der Waals surface area (Å²) in [4.78, 5) is 75.7. The monoisotopic (exact) mass is 659 g/mol. The topological polar surface area (TPSA) is 293 Å². The summed E-state index contributed by atoms with van der Waals surface area (Å²) in [5.41, 5.74) is 33.6. The third kappa shape index (κ3) is 15.5. The lowest BCUT2D eigenvalue weighted by Crippen LogP contribution is -2.58. The Labute approximate surface area is 276 Å². The second kappa shape index (κ2) is 22.9. The van der Waals surface area contributed by atoms with Crippen molar-refractivity contribution in [3.05, 3.63) is 35.9 Å². The van der Waals surface area contributed by atoms with Gasteiger partial charge < -0.3 is 49.8 Å². The molecule has 0 bridgehead atoms. The van der Waals surface area contributed by atoms with E-state index in [0.717, 1.165) is 17.7 Å². The molecule has 14 N–H and O–H groups in total. The average Bonchev–Trinajstić information content (AvgIpc) is 3.05. The molecule has 0 aliphatic rings. The first kappa shape index (κ1) is 40.5. The molecule has 0 saturated heterocycles. The van der Waals surface area contributed by atoms with E-state index in [1.807, 2.05) is 6.92 Å². The molecule has 16 heteroatoms. The Hall–Kier alpha value is -4.57. The number of nitrogens with two attached hydrogens (primary N) is 6. The first-order chi connectivity index (χ1) is 22.5. The number of hydrogen-bond donors (Lipinski definition) is 8. The Morgan fingerprint density at radius 1 is 0.787 bits per heavy atom. The number of rotatable bonds is 23. The van der Waals surface area contributed by atoms with Gasteiger partial charge in [-0.2, -0.15) is 0 Å². The number of benzene rings is 1. The first-order valence-corrected chi connectivity index (χ1v) is 16.0. The summed E-state index contributed by atoms with van der Waals surface area (Å²) in [7, 11) is 0. The van der Waals surface area contributed by atoms with Gasteiger partial charge in [0.05, 0.1) is 12.1 Å². The van der Waals surface area contributed by atoms with Gasteiger partial charge >= 0.3 is 0 Å². The quantitative estimate of drug-likeness (QED) is 0.0303. The molecule has 1 aromatic rings. The van der Waals surface area contributed by atoms with Gasteiger partial charge in [-0.25, -0.2) is 0 Å². The molecule has 1 aromatic carbocycles. The highest BCUT2D eigenvalue weighted by Gasteiger charge is 2.36. The zero-order valence-corrected chi connectivity index (χ0v) is 27.3. The van der Waals surface area contributed by atoms with Gasteiger partial charge in [-0.05, 0) is 70.0 Å². The maximum absolute atomic E-state index is 14.2. The SMILES string of the molecule is CCCC[C@H](N)C(=O)N[C@@H](CCCCN)C(=O)N[C@@H](CCCN=C(N)N)C(=O)N(C(=O)c1ccccc1)[C@H](C=O)CCCN=C(N)N. The normalized spacial score (nSPS) is 13.3. The van der Waals surface area contributed by atoms with E-state index in [-0.39, 0.29) is 62.7 Å². The molecule has 0 aliphatic heterocycles. The second-order valence-corrected chi connectivity index (χ2v) is 11.1. The van der Waals surface area contributed by atoms with Crippen LogP contribution in [-0.4, -0.2) is 90.5 Å². The number of unbranched alkanes of at least 4 members (excludes halogenated alkanes) is 2. The molecule has 4 amide bonds. The van der Waals surface area contributed by atoms with Gasteiger partial charge in [0, 0.05) is 18.7 Å². The number of guanidine groups is 2. The predicted octanol–water partition coefficient (Wildman–Crippen LogP) is -1.05. The smallest absolute Gasteiger partial charge is 0.261 e. The van der Waals surface area contributed by atoms with Crippen LogP contribution in [0.4, 0.5) is 0 Å². The summed E-state index contributed by atoms with van der Waals surface area (Å²) in [6, 6.07) is 3.65. The molecule has 0 spiro atoms. The average molecular weight is 660 g/mol. The van der Waals surface area contributed by atoms with Crippen molar-refractivity contribution in [2.45, 2.75) is 95.3 Å². The van der Waals surface area contributed by atoms with Crippen molar-refractivity contribution in [3.8, 4) is 0 Å². The highest BCUT2D eigenvalue weighted by Crippen LogP contribution is 2.16. The fourth-order valence-corrected chi connectivity index (χ4v) is 4.70. The van der Waals surface area contributed by atoms with E-state index in [1.54, 1.807) is 18.2 Å². The minimum absolute atomic E-state index is 0.0129. The fourth-order valence-electron chi connectivity index (χ4n) is 4.70. The number of imide groups is 1. The summed E-state index contributed by atoms with van der Waals surface area (Å²) < 4.78 is 0. The van der Waals surface area contributed by atoms with Crippen LogP contribution in [0, 0.1) is 0 Å². The lowest BCUT2D eigenvalue weighted by molar-refractivity contribution is -0.138. The summed E-state index contributed by atoms with van der Waals surface area (Å²) in [5, 5.41) is 5.43. The first-order valence-electron chi connectivity index (χ1n) is 16.0. The van der Waals surface area contributed by atoms with Gasteiger partial charge in [-0.3, -0.25) is 34.1 Å². The van der Waals surface area contributed by atoms with E-state index in [9.17, 15) is 24.0 Å². The molecule has 16 nitrogen and oxygen atoms in total. The van der Waals surface area contributed by atoms with Crippen LogP contribution in [0.2, 0.25) is 0 Å². The van der Waals surface area contributed by atoms with Crippen molar-refractivity contribution in [2.24, 2.45) is 44.4 Å². The van der Waals surface area contributed by atoms with Crippen LogP contribution in [0.25, 0.3) is 0 Å². The van der Waals surface area contributed by atoms with Crippen LogP contribution in [0.15, 0.2) is 40.3 Å². The van der Waals surface area contributed by atoms with Crippen LogP contribution >= 0.6 is 0 Å². The van der Waals surface area contributed by atoms with Crippen LogP contribution in [0.3, 0.4) is 0 Å². The molecular formula is C31H53N11O5. The Bertz CT molecular complexity index is 1190. The van der Waals surface area contributed by atoms with Gasteiger partial charge in [0.2, 0.25) is 11.8 Å². The van der Waals surface area contributed by atoms with Crippen molar-refractivity contribution < 1.29 is 24.0 Å². The van der Waals surface area contributed by atoms with Gasteiger partial charge in [-0.15, -0.1) is 0 Å². The molecule has 0 heterocycles. The molecule has 0 unspecified atom stereocenters. The van der Waals surface area contributed by atoms with Crippen LogP contribution in [0.1, 0.15) is 81.5 Å². The number of nitrogens with one attached hydrogen (secondary N) is 2. The summed E-state index contributed by atoms with van der Waals surface area (Å²) in [6.07, 6.45) is 4.47. The summed E-state index contributed by atoms with van der Waals surface area (Å²) in [5.74, 6) is -2.98. The van der Waals surface area contributed by atoms with E-state index in [2.05, 4.69) is 20.6 Å². The van der Waals surface area contributed by atoms with Crippen LogP contribution < -0.4 is 45.0 Å². The number of aldehydes is 1. The molecule has 0 fully saturated rings. The van der Waals surface area contributed by atoms with Crippen LogP contribution in [-0.2, 0) is 19.2 Å². The Balaban J connectivity index is 3.46. The van der Waals surface area contributed by atoms with Crippen molar-refractivity contribution in [3.63, 3.8) is 0 Å². The number of nitrogens with zero attached hydrogens (tertiary/aromatic N) is 3. The third-order valence-corrected chi connectivity index (χ3v) is 7.26. The highest BCUT2D eigenvalue weighted by molar-refractivity contribution is 6.08. The molecule has 0 saturated carbocycles. The van der Waals surface area contributed by atoms with Gasteiger partial charge in [-0.1, -0.05) is 38.0 Å². The van der Waals surface area contributed by atoms with Crippen molar-refractivity contribution >= 4 is 41.8 Å². The molecule has 0 aliphatic carbocycles. The number of carbonyl (C=O) groups excluding carboxylic acids is 5. The van der Waals surface area contributed by atoms with E-state index in [0.29, 0.717) is 32.1 Å². The van der Waals surface area contributed by atoms with E-state index < -0.39 is 47.8 Å². The summed E-state index contributed by atoms with van der Waals surface area (Å²) >= 11 is 0. The Kier molecular flexibility index (Phi) is 19.7. The molecule has 0 aromatic heterocycles. The van der Waals surface area contributed by atoms with Gasteiger partial charge in [0.25, 0.3) is 11.8 Å². The molecule has 47 heavy (non-hydrogen) atoms. The van der Waals surface area contributed by atoms with Crippen molar-refractivity contribution in [1.29, 1.82) is 0 Å². The standard InChI is InChI=1S/C31H53N11O5/c1-2-3-14-23(33)26(44)40-24(15-7-8-17-32)27(45)41-25(16-10-19-39-31(36)37)29(47)42(28(46)21-11-5-4-6-12-21)22(20-43)13-9-18-38-30(34)35/h4-6,11-12,20,22-25H,2-3,7-10,13-19,32-33H2,1H3,(H,40,44)(H,41,45)(H4,34,35,38)(H4,36,37,39)/t22-,23-,24-,25-/m0/s1. The van der Waals surface area contributed by atoms with Gasteiger partial charge in [0.1, 0.15) is 18.4 Å². The third-order valence-electron chi connectivity index (χ3n) is 7.26.